The number of aryl methyl sites for hydroxylation is 1. The minimum atomic E-state index is 0.0743. The standard InChI is InChI=1S/C22H17NO2/c1-23-20-5-3-2-4-18(20)22(25)19-13-10-16(14-21(19)23)7-6-15-8-11-17(24)12-9-15/h2-14,24H,1H3/p+1/b7-6+. The number of aromatic nitrogens is 1. The van der Waals surface area contributed by atoms with Crippen LogP contribution in [0.2, 0.25) is 0 Å². The van der Waals surface area contributed by atoms with E-state index in [4.69, 9.17) is 5.11 Å². The molecule has 0 fully saturated rings. The summed E-state index contributed by atoms with van der Waals surface area (Å²) in [6.07, 6.45) is 4.04. The van der Waals surface area contributed by atoms with E-state index in [9.17, 15) is 4.79 Å². The third-order valence-electron chi connectivity index (χ3n) is 4.52. The lowest BCUT2D eigenvalue weighted by molar-refractivity contribution is 0.475. The zero-order chi connectivity index (χ0) is 17.4. The first-order valence-electron chi connectivity index (χ1n) is 8.15. The summed E-state index contributed by atoms with van der Waals surface area (Å²) < 4.78 is 2.07. The van der Waals surface area contributed by atoms with Gasteiger partial charge in [0.25, 0.3) is 5.75 Å². The maximum Gasteiger partial charge on any atom is 0.253 e. The molecule has 4 aromatic rings. The van der Waals surface area contributed by atoms with E-state index in [1.165, 1.54) is 0 Å². The Balaban J connectivity index is 1.85. The average molecular weight is 328 g/mol. The number of hydrogen-bond donors (Lipinski definition) is 0. The first kappa shape index (κ1) is 15.2. The maximum atomic E-state index is 12.7. The predicted molar refractivity (Wildman–Crippen MR) is 105 cm³/mol. The molecule has 3 nitrogen and oxygen atoms in total. The molecule has 2 N–H and O–H groups in total. The Morgan fingerprint density at radius 1 is 0.800 bits per heavy atom. The van der Waals surface area contributed by atoms with Crippen LogP contribution in [-0.2, 0) is 7.05 Å². The van der Waals surface area contributed by atoms with Crippen LogP contribution >= 0.6 is 0 Å². The Morgan fingerprint density at radius 2 is 1.44 bits per heavy atom. The molecule has 0 saturated heterocycles. The van der Waals surface area contributed by atoms with Gasteiger partial charge in [0.05, 0.1) is 11.0 Å². The first-order chi connectivity index (χ1) is 12.1. The Hall–Kier alpha value is -3.33. The van der Waals surface area contributed by atoms with Gasteiger partial charge in [-0.15, -0.1) is 0 Å². The number of rotatable bonds is 2. The van der Waals surface area contributed by atoms with E-state index in [1.807, 2.05) is 73.8 Å². The summed E-state index contributed by atoms with van der Waals surface area (Å²) in [5.74, 6) is 0.504. The third kappa shape index (κ3) is 2.70. The molecular formula is C22H18NO2+. The van der Waals surface area contributed by atoms with Crippen LogP contribution in [0.1, 0.15) is 11.1 Å². The van der Waals surface area contributed by atoms with Crippen LogP contribution < -0.4 is 5.43 Å². The number of nitrogens with zero attached hydrogens (tertiary/aromatic N) is 1. The van der Waals surface area contributed by atoms with Gasteiger partial charge in [-0.2, -0.15) is 0 Å². The Kier molecular flexibility index (Phi) is 3.62. The molecule has 122 valence electrons. The molecule has 3 heteroatoms. The van der Waals surface area contributed by atoms with Gasteiger partial charge in [-0.05, 0) is 47.5 Å². The second kappa shape index (κ2) is 5.95. The summed E-state index contributed by atoms with van der Waals surface area (Å²) in [6.45, 7) is 0. The average Bonchev–Trinajstić information content (AvgIpc) is 2.65. The fourth-order valence-corrected chi connectivity index (χ4v) is 3.14. The van der Waals surface area contributed by atoms with Crippen LogP contribution in [0.5, 0.6) is 5.75 Å². The molecule has 1 heterocycles. The zero-order valence-corrected chi connectivity index (χ0v) is 13.9. The SMILES string of the molecule is Cn1c2ccccc2c(=O)c2ccc(/C=C/c3ccc([OH2+])cc3)cc21. The molecule has 1 aromatic heterocycles. The van der Waals surface area contributed by atoms with Gasteiger partial charge in [-0.25, -0.2) is 0 Å². The third-order valence-corrected chi connectivity index (χ3v) is 4.52. The molecule has 0 aliphatic heterocycles. The molecule has 4 rings (SSSR count). The Morgan fingerprint density at radius 3 is 2.24 bits per heavy atom. The molecule has 0 aliphatic rings. The zero-order valence-electron chi connectivity index (χ0n) is 13.9. The van der Waals surface area contributed by atoms with Crippen molar-refractivity contribution in [1.29, 1.82) is 0 Å². The molecule has 0 bridgehead atoms. The predicted octanol–water partition coefficient (Wildman–Crippen LogP) is 4.30. The van der Waals surface area contributed by atoms with E-state index in [1.54, 1.807) is 12.1 Å². The lowest BCUT2D eigenvalue weighted by Gasteiger charge is -2.10. The molecule has 0 unspecified atom stereocenters. The van der Waals surface area contributed by atoms with Gasteiger partial charge in [0.1, 0.15) is 0 Å². The molecule has 0 saturated carbocycles. The van der Waals surface area contributed by atoms with Crippen LogP contribution in [0.15, 0.2) is 71.5 Å². The van der Waals surface area contributed by atoms with Crippen LogP contribution in [-0.4, -0.2) is 9.67 Å². The smallest absolute Gasteiger partial charge is 0.253 e. The van der Waals surface area contributed by atoms with Crippen molar-refractivity contribution in [2.75, 3.05) is 0 Å². The van der Waals surface area contributed by atoms with Crippen molar-refractivity contribution in [3.8, 4) is 5.75 Å². The van der Waals surface area contributed by atoms with E-state index in [0.29, 0.717) is 5.75 Å². The van der Waals surface area contributed by atoms with Gasteiger partial charge < -0.3 is 9.67 Å². The molecule has 0 aliphatic carbocycles. The van der Waals surface area contributed by atoms with Gasteiger partial charge >= 0.3 is 0 Å². The topological polar surface area (TPSA) is 44.9 Å². The van der Waals surface area contributed by atoms with E-state index < -0.39 is 0 Å². The fraction of sp³-hybridized carbons (Fsp3) is 0.0455. The van der Waals surface area contributed by atoms with Crippen molar-refractivity contribution < 1.29 is 5.11 Å². The summed E-state index contributed by atoms with van der Waals surface area (Å²) in [7, 11) is 1.99. The Labute approximate surface area is 145 Å². The van der Waals surface area contributed by atoms with Crippen molar-refractivity contribution in [1.82, 2.24) is 4.57 Å². The summed E-state index contributed by atoms with van der Waals surface area (Å²) in [4.78, 5) is 12.7. The number of pyridine rings is 1. The van der Waals surface area contributed by atoms with E-state index in [2.05, 4.69) is 4.57 Å². The van der Waals surface area contributed by atoms with Crippen LogP contribution in [0.3, 0.4) is 0 Å². The van der Waals surface area contributed by atoms with Crippen molar-refractivity contribution in [3.63, 3.8) is 0 Å². The second-order valence-electron chi connectivity index (χ2n) is 6.14. The molecule has 0 spiro atoms. The molecule has 25 heavy (non-hydrogen) atoms. The second-order valence-corrected chi connectivity index (χ2v) is 6.14. The fourth-order valence-electron chi connectivity index (χ4n) is 3.14. The minimum absolute atomic E-state index is 0.0743. The highest BCUT2D eigenvalue weighted by Crippen LogP contribution is 2.20. The number of hydrogen-bond acceptors (Lipinski definition) is 1. The highest BCUT2D eigenvalue weighted by molar-refractivity contribution is 5.94. The summed E-state index contributed by atoms with van der Waals surface area (Å²) in [6, 6.07) is 21.0. The number of benzene rings is 3. The van der Waals surface area contributed by atoms with E-state index in [0.717, 1.165) is 32.9 Å². The highest BCUT2D eigenvalue weighted by Gasteiger charge is 2.08. The molecule has 0 amide bonds. The maximum absolute atomic E-state index is 12.7. The van der Waals surface area contributed by atoms with Gasteiger partial charge in [0.15, 0.2) is 5.43 Å². The molecule has 0 radical (unpaired) electrons. The molecular weight excluding hydrogens is 310 g/mol. The molecule has 0 atom stereocenters. The van der Waals surface area contributed by atoms with E-state index >= 15 is 0 Å². The summed E-state index contributed by atoms with van der Waals surface area (Å²) in [5, 5.41) is 9.01. The first-order valence-corrected chi connectivity index (χ1v) is 8.15. The van der Waals surface area contributed by atoms with Crippen molar-refractivity contribution in [2.24, 2.45) is 7.05 Å². The van der Waals surface area contributed by atoms with Crippen LogP contribution in [0, 0.1) is 0 Å². The minimum Gasteiger partial charge on any atom is -0.593 e. The highest BCUT2D eigenvalue weighted by atomic mass is 16.3. The van der Waals surface area contributed by atoms with Crippen molar-refractivity contribution in [2.45, 2.75) is 0 Å². The molecule has 3 aromatic carbocycles. The van der Waals surface area contributed by atoms with Crippen molar-refractivity contribution >= 4 is 34.0 Å². The summed E-state index contributed by atoms with van der Waals surface area (Å²) in [5.41, 5.74) is 4.01. The van der Waals surface area contributed by atoms with Gasteiger partial charge in [0.2, 0.25) is 0 Å². The van der Waals surface area contributed by atoms with Gasteiger partial charge in [-0.3, -0.25) is 4.79 Å². The lowest BCUT2D eigenvalue weighted by Crippen LogP contribution is -2.08. The van der Waals surface area contributed by atoms with Crippen LogP contribution in [0.25, 0.3) is 34.0 Å². The number of para-hydroxylation sites is 1. The van der Waals surface area contributed by atoms with Crippen molar-refractivity contribution in [3.05, 3.63) is 88.1 Å². The summed E-state index contributed by atoms with van der Waals surface area (Å²) >= 11 is 0. The van der Waals surface area contributed by atoms with Gasteiger partial charge in [-0.1, -0.05) is 30.4 Å². The monoisotopic (exact) mass is 328 g/mol. The van der Waals surface area contributed by atoms with E-state index in [-0.39, 0.29) is 5.43 Å². The van der Waals surface area contributed by atoms with Gasteiger partial charge in [0, 0.05) is 30.0 Å². The Bertz CT molecular complexity index is 1170. The number of fused-ring (bicyclic) bond motifs is 2. The lowest BCUT2D eigenvalue weighted by atomic mass is 10.1. The largest absolute Gasteiger partial charge is 0.593 e. The van der Waals surface area contributed by atoms with Crippen LogP contribution in [0.4, 0.5) is 0 Å². The quantitative estimate of drug-likeness (QED) is 0.307. The normalized spacial score (nSPS) is 11.6.